The van der Waals surface area contributed by atoms with Crippen molar-refractivity contribution in [1.82, 2.24) is 24.6 Å². The van der Waals surface area contributed by atoms with Crippen molar-refractivity contribution in [3.63, 3.8) is 0 Å². The lowest BCUT2D eigenvalue weighted by Crippen LogP contribution is -2.22. The number of para-hydroxylation sites is 1. The predicted molar refractivity (Wildman–Crippen MR) is 131 cm³/mol. The second-order valence-electron chi connectivity index (χ2n) is 8.42. The van der Waals surface area contributed by atoms with Crippen molar-refractivity contribution >= 4 is 22.3 Å². The highest BCUT2D eigenvalue weighted by atomic mass is 16.6. The molecule has 0 radical (unpaired) electrons. The predicted octanol–water partition coefficient (Wildman–Crippen LogP) is 4.49. The second-order valence-corrected chi connectivity index (χ2v) is 8.42. The van der Waals surface area contributed by atoms with Gasteiger partial charge >= 0.3 is 5.63 Å². The van der Waals surface area contributed by atoms with E-state index in [1.807, 2.05) is 6.07 Å². The fraction of sp³-hybridized carbons (Fsp3) is 0.0385. The molecule has 0 aliphatic carbocycles. The van der Waals surface area contributed by atoms with E-state index in [0.717, 1.165) is 0 Å². The molecule has 11 nitrogen and oxygen atoms in total. The first-order valence-electron chi connectivity index (χ1n) is 11.2. The normalized spacial score (nSPS) is 14.2. The molecule has 2 aromatic carbocycles. The first-order chi connectivity index (χ1) is 18.1. The Morgan fingerprint density at radius 1 is 1.03 bits per heavy atom. The summed E-state index contributed by atoms with van der Waals surface area (Å²) in [6, 6.07) is 16.7. The highest BCUT2D eigenvalue weighted by Gasteiger charge is 2.38. The third kappa shape index (κ3) is 3.18. The number of fused-ring (bicyclic) bond motifs is 6. The molecule has 5 heterocycles. The van der Waals surface area contributed by atoms with E-state index in [0.29, 0.717) is 44.9 Å². The number of pyridine rings is 1. The molecule has 0 N–H and O–H groups in total. The van der Waals surface area contributed by atoms with Crippen molar-refractivity contribution < 1.29 is 14.1 Å². The molecule has 0 amide bonds. The molecule has 1 atom stereocenters. The van der Waals surface area contributed by atoms with Gasteiger partial charge in [-0.25, -0.2) is 19.3 Å². The maximum atomic E-state index is 13.4. The van der Waals surface area contributed by atoms with Crippen LogP contribution in [0.3, 0.4) is 0 Å². The molecule has 1 unspecified atom stereocenters. The molecular formula is C26H14N6O5. The number of aromatic nitrogens is 5. The van der Waals surface area contributed by atoms with Crippen LogP contribution in [0.5, 0.6) is 11.6 Å². The maximum absolute atomic E-state index is 13.4. The smallest absolute Gasteiger partial charge is 0.344 e. The molecule has 6 aromatic rings. The molecule has 37 heavy (non-hydrogen) atoms. The summed E-state index contributed by atoms with van der Waals surface area (Å²) < 4.78 is 13.4. The largest absolute Gasteiger partial charge is 0.437 e. The van der Waals surface area contributed by atoms with E-state index in [-0.39, 0.29) is 17.1 Å². The van der Waals surface area contributed by atoms with Gasteiger partial charge in [-0.3, -0.25) is 15.1 Å². The van der Waals surface area contributed by atoms with Crippen LogP contribution < -0.4 is 10.4 Å². The van der Waals surface area contributed by atoms with Crippen LogP contribution in [0, 0.1) is 10.1 Å². The third-order valence-corrected chi connectivity index (χ3v) is 6.30. The Hall–Kier alpha value is -5.45. The van der Waals surface area contributed by atoms with Gasteiger partial charge in [0.1, 0.15) is 11.9 Å². The van der Waals surface area contributed by atoms with E-state index in [2.05, 4.69) is 15.1 Å². The Bertz CT molecular complexity index is 1930. The van der Waals surface area contributed by atoms with Crippen molar-refractivity contribution in [1.29, 1.82) is 0 Å². The van der Waals surface area contributed by atoms with Gasteiger partial charge in [0.05, 0.1) is 27.4 Å². The van der Waals surface area contributed by atoms with Crippen LogP contribution >= 0.6 is 0 Å². The number of nitro groups is 1. The lowest BCUT2D eigenvalue weighted by molar-refractivity contribution is -0.384. The number of hydrogen-bond donors (Lipinski definition) is 0. The summed E-state index contributed by atoms with van der Waals surface area (Å²) >= 11 is 0. The van der Waals surface area contributed by atoms with Crippen molar-refractivity contribution in [2.75, 3.05) is 0 Å². The average molecular weight is 490 g/mol. The summed E-state index contributed by atoms with van der Waals surface area (Å²) in [5.41, 5.74) is 1.83. The summed E-state index contributed by atoms with van der Waals surface area (Å²) in [4.78, 5) is 37.8. The Labute approximate surface area is 206 Å². The zero-order valence-corrected chi connectivity index (χ0v) is 18.8. The Kier molecular flexibility index (Phi) is 4.39. The summed E-state index contributed by atoms with van der Waals surface area (Å²) in [6.07, 6.45) is 4.76. The van der Waals surface area contributed by atoms with E-state index in [9.17, 15) is 14.9 Å². The van der Waals surface area contributed by atoms with E-state index >= 15 is 0 Å². The molecular weight excluding hydrogens is 476 g/mol. The number of non-ortho nitro benzene ring substituents is 1. The fourth-order valence-electron chi connectivity index (χ4n) is 4.70. The van der Waals surface area contributed by atoms with Crippen molar-refractivity contribution in [2.45, 2.75) is 5.92 Å². The zero-order chi connectivity index (χ0) is 25.1. The standard InChI is InChI=1S/C26H14N6O5/c33-26-20-19(14-5-3-7-16(11-14)32(34)35)21-24-29-23(15-6-4-10-27-12-15)30-31(24)13-28-25(21)37-22(20)17-8-1-2-9-18(17)36-26/h1-13,19H. The van der Waals surface area contributed by atoms with Gasteiger partial charge in [0.2, 0.25) is 5.88 Å². The molecule has 11 heteroatoms. The molecule has 178 valence electrons. The number of benzene rings is 2. The number of ether oxygens (including phenoxy) is 1. The topological polar surface area (TPSA) is 139 Å². The molecule has 0 spiro atoms. The van der Waals surface area contributed by atoms with E-state index in [1.54, 1.807) is 54.9 Å². The Morgan fingerprint density at radius 2 is 1.92 bits per heavy atom. The lowest BCUT2D eigenvalue weighted by atomic mass is 9.84. The van der Waals surface area contributed by atoms with Crippen LogP contribution in [0.15, 0.2) is 88.6 Å². The third-order valence-electron chi connectivity index (χ3n) is 6.30. The molecule has 7 rings (SSSR count). The SMILES string of the molecule is O=c1oc2ccccc2c2c1C(c1cccc([N+](=O)[O-])c1)c1c(ncn3nc(-c4cccnc4)nc13)O2. The summed E-state index contributed by atoms with van der Waals surface area (Å²) in [5, 5.41) is 16.7. The van der Waals surface area contributed by atoms with Crippen LogP contribution in [0.4, 0.5) is 5.69 Å². The minimum atomic E-state index is -0.818. The zero-order valence-electron chi connectivity index (χ0n) is 18.8. The Balaban J connectivity index is 1.56. The van der Waals surface area contributed by atoms with Gasteiger partial charge in [0.15, 0.2) is 17.2 Å². The van der Waals surface area contributed by atoms with Crippen molar-refractivity contribution in [3.05, 3.63) is 117 Å². The molecule has 1 aliphatic heterocycles. The van der Waals surface area contributed by atoms with Gasteiger partial charge in [0, 0.05) is 30.1 Å². The van der Waals surface area contributed by atoms with Gasteiger partial charge in [-0.05, 0) is 29.8 Å². The van der Waals surface area contributed by atoms with Crippen molar-refractivity contribution in [3.8, 4) is 23.0 Å². The van der Waals surface area contributed by atoms with Crippen LogP contribution in [0.1, 0.15) is 22.6 Å². The van der Waals surface area contributed by atoms with E-state index in [4.69, 9.17) is 14.1 Å². The van der Waals surface area contributed by atoms with Gasteiger partial charge in [-0.15, -0.1) is 5.10 Å². The number of rotatable bonds is 3. The van der Waals surface area contributed by atoms with Gasteiger partial charge in [0.25, 0.3) is 5.69 Å². The molecule has 0 bridgehead atoms. The number of nitro benzene ring substituents is 1. The quantitative estimate of drug-likeness (QED) is 0.199. The van der Waals surface area contributed by atoms with Crippen LogP contribution in [-0.4, -0.2) is 29.5 Å². The van der Waals surface area contributed by atoms with Gasteiger partial charge < -0.3 is 9.15 Å². The molecule has 0 saturated carbocycles. The second kappa shape index (κ2) is 7.78. The minimum absolute atomic E-state index is 0.116. The van der Waals surface area contributed by atoms with E-state index < -0.39 is 16.5 Å². The first kappa shape index (κ1) is 20.9. The first-order valence-corrected chi connectivity index (χ1v) is 11.2. The van der Waals surface area contributed by atoms with Crippen LogP contribution in [0.2, 0.25) is 0 Å². The highest BCUT2D eigenvalue weighted by Crippen LogP contribution is 2.49. The van der Waals surface area contributed by atoms with Crippen LogP contribution in [-0.2, 0) is 0 Å². The lowest BCUT2D eigenvalue weighted by Gasteiger charge is -2.27. The number of nitrogens with zero attached hydrogens (tertiary/aromatic N) is 6. The highest BCUT2D eigenvalue weighted by molar-refractivity contribution is 5.87. The average Bonchev–Trinajstić information content (AvgIpc) is 3.37. The summed E-state index contributed by atoms with van der Waals surface area (Å²) in [5.74, 6) is 0.0937. The van der Waals surface area contributed by atoms with Gasteiger partial charge in [-0.2, -0.15) is 0 Å². The maximum Gasteiger partial charge on any atom is 0.344 e. The van der Waals surface area contributed by atoms with Crippen molar-refractivity contribution in [2.24, 2.45) is 0 Å². The molecule has 4 aromatic heterocycles. The fourth-order valence-corrected chi connectivity index (χ4v) is 4.70. The number of hydrogen-bond acceptors (Lipinski definition) is 9. The molecule has 0 saturated heterocycles. The Morgan fingerprint density at radius 3 is 2.76 bits per heavy atom. The van der Waals surface area contributed by atoms with Crippen LogP contribution in [0.25, 0.3) is 28.0 Å². The van der Waals surface area contributed by atoms with E-state index in [1.165, 1.54) is 23.0 Å². The minimum Gasteiger partial charge on any atom is -0.437 e. The molecule has 1 aliphatic rings. The van der Waals surface area contributed by atoms with Gasteiger partial charge in [-0.1, -0.05) is 24.3 Å². The summed E-state index contributed by atoms with van der Waals surface area (Å²) in [6.45, 7) is 0. The monoisotopic (exact) mass is 490 g/mol. The molecule has 0 fully saturated rings. The summed E-state index contributed by atoms with van der Waals surface area (Å²) in [7, 11) is 0.